The zero-order valence-electron chi connectivity index (χ0n) is 27.9. The first-order chi connectivity index (χ1) is 23.2. The molecule has 6 rings (SSSR count). The number of aromatic nitrogens is 1. The molecule has 1 saturated carbocycles. The quantitative estimate of drug-likeness (QED) is 0.295. The van der Waals surface area contributed by atoms with Crippen LogP contribution in [0.1, 0.15) is 83.6 Å². The van der Waals surface area contributed by atoms with Crippen molar-refractivity contribution < 1.29 is 29.0 Å². The lowest BCUT2D eigenvalue weighted by Crippen LogP contribution is -2.56. The van der Waals surface area contributed by atoms with E-state index in [-0.39, 0.29) is 30.7 Å². The summed E-state index contributed by atoms with van der Waals surface area (Å²) in [5.74, 6) is -1.63. The largest absolute Gasteiger partial charge is 0.488 e. The predicted octanol–water partition coefficient (Wildman–Crippen LogP) is 5.41. The van der Waals surface area contributed by atoms with E-state index < -0.39 is 35.6 Å². The van der Waals surface area contributed by atoms with Crippen LogP contribution >= 0.6 is 0 Å². The van der Waals surface area contributed by atoms with Crippen LogP contribution in [0.25, 0.3) is 22.2 Å². The number of carbonyl (C=O) groups excluding carboxylic acids is 3. The minimum Gasteiger partial charge on any atom is -0.488 e. The number of amides is 3. The number of carboxylic acids is 1. The molecular formula is C38H46N4O6. The van der Waals surface area contributed by atoms with E-state index in [0.717, 1.165) is 59.8 Å². The molecule has 4 bridgehead atoms. The van der Waals surface area contributed by atoms with Crippen LogP contribution in [-0.4, -0.2) is 69.0 Å². The van der Waals surface area contributed by atoms with E-state index in [9.17, 15) is 24.3 Å². The van der Waals surface area contributed by atoms with Gasteiger partial charge < -0.3 is 25.4 Å². The molecule has 10 heteroatoms. The molecule has 3 N–H and O–H groups in total. The van der Waals surface area contributed by atoms with Crippen LogP contribution in [0.4, 0.5) is 0 Å². The van der Waals surface area contributed by atoms with E-state index in [4.69, 9.17) is 9.72 Å². The van der Waals surface area contributed by atoms with Gasteiger partial charge in [0.1, 0.15) is 29.5 Å². The number of unbranched alkanes of at least 4 members (excludes halogenated alkanes) is 1. The highest BCUT2D eigenvalue weighted by molar-refractivity contribution is 5.96. The van der Waals surface area contributed by atoms with Crippen LogP contribution in [0.2, 0.25) is 0 Å². The number of fused-ring (bicyclic) bond motifs is 3. The van der Waals surface area contributed by atoms with Crippen molar-refractivity contribution in [3.05, 3.63) is 60.2 Å². The summed E-state index contributed by atoms with van der Waals surface area (Å²) in [6.45, 7) is 4.06. The Labute approximate surface area is 281 Å². The van der Waals surface area contributed by atoms with Crippen LogP contribution in [0.15, 0.2) is 54.6 Å². The standard InChI is InChI=1S/C38H46N4O6/c1-3-5-15-30-36(45)42-23-27(20-32(42)35(44)41-38(37(46)47)22-26(38)4-2)48-33-21-31(25-13-9-7-10-14-25)39-29-18-17-24(19-28(29)33)12-8-6-11-16-34(43)40-30/h7,9-10,13-14,17-19,21,26-27,30,32H,3-6,8,11-12,15-16,20,22-23H2,1-2H3,(H,40,43)(H,41,44)(H,46,47)/t26-,27-,30+,32+,38-/m1/s1. The highest BCUT2D eigenvalue weighted by atomic mass is 16.5. The van der Waals surface area contributed by atoms with Gasteiger partial charge in [-0.1, -0.05) is 75.9 Å². The molecular weight excluding hydrogens is 608 g/mol. The smallest absolute Gasteiger partial charge is 0.329 e. The summed E-state index contributed by atoms with van der Waals surface area (Å²) >= 11 is 0. The summed E-state index contributed by atoms with van der Waals surface area (Å²) in [5, 5.41) is 16.7. The zero-order valence-corrected chi connectivity index (χ0v) is 27.9. The number of benzene rings is 2. The Kier molecular flexibility index (Phi) is 9.99. The normalized spacial score (nSPS) is 26.1. The van der Waals surface area contributed by atoms with Gasteiger partial charge >= 0.3 is 5.97 Å². The van der Waals surface area contributed by atoms with Crippen molar-refractivity contribution in [3.8, 4) is 17.0 Å². The third-order valence-corrected chi connectivity index (χ3v) is 10.2. The predicted molar refractivity (Wildman–Crippen MR) is 182 cm³/mol. The highest BCUT2D eigenvalue weighted by Gasteiger charge is 2.61. The molecule has 5 atom stereocenters. The lowest BCUT2D eigenvalue weighted by molar-refractivity contribution is -0.146. The van der Waals surface area contributed by atoms with Crippen molar-refractivity contribution >= 4 is 34.6 Å². The number of hydrogen-bond acceptors (Lipinski definition) is 6. The highest BCUT2D eigenvalue weighted by Crippen LogP contribution is 2.46. The van der Waals surface area contributed by atoms with Crippen LogP contribution in [0.3, 0.4) is 0 Å². The topological polar surface area (TPSA) is 138 Å². The number of hydrogen-bond donors (Lipinski definition) is 3. The van der Waals surface area contributed by atoms with E-state index in [1.807, 2.05) is 56.3 Å². The third-order valence-electron chi connectivity index (χ3n) is 10.2. The van der Waals surface area contributed by atoms with Crippen molar-refractivity contribution in [2.24, 2.45) is 5.92 Å². The van der Waals surface area contributed by atoms with Gasteiger partial charge in [0, 0.05) is 29.9 Å². The second-order valence-electron chi connectivity index (χ2n) is 13.6. The molecule has 254 valence electrons. The summed E-state index contributed by atoms with van der Waals surface area (Å²) in [6.07, 6.45) is 6.29. The number of carbonyl (C=O) groups is 4. The number of rotatable bonds is 8. The number of ether oxygens (including phenoxy) is 1. The van der Waals surface area contributed by atoms with Gasteiger partial charge in [-0.25, -0.2) is 9.78 Å². The summed E-state index contributed by atoms with van der Waals surface area (Å²) in [5.41, 5.74) is 2.29. The molecule has 0 unspecified atom stereocenters. The average molecular weight is 655 g/mol. The van der Waals surface area contributed by atoms with Crippen molar-refractivity contribution in [3.63, 3.8) is 0 Å². The van der Waals surface area contributed by atoms with Gasteiger partial charge in [-0.3, -0.25) is 14.4 Å². The number of pyridine rings is 1. The Balaban J connectivity index is 1.38. The Bertz CT molecular complexity index is 1680. The SMILES string of the molecule is CCCC[C@@H]1NC(=O)CCCCCc2ccc3nc(-c4ccccc4)cc(c3c2)O[C@@H]2C[C@@H](C(=O)N[C@]3(C(=O)O)C[C@H]3CC)N(C2)C1=O. The van der Waals surface area contributed by atoms with Gasteiger partial charge in [0.05, 0.1) is 17.8 Å². The molecule has 3 amide bonds. The molecule has 3 heterocycles. The molecule has 1 aromatic heterocycles. The van der Waals surface area contributed by atoms with E-state index >= 15 is 0 Å². The van der Waals surface area contributed by atoms with Crippen LogP contribution in [0.5, 0.6) is 5.75 Å². The van der Waals surface area contributed by atoms with E-state index in [2.05, 4.69) is 22.8 Å². The summed E-state index contributed by atoms with van der Waals surface area (Å²) in [6, 6.07) is 16.3. The maximum absolute atomic E-state index is 14.3. The third kappa shape index (κ3) is 7.03. The summed E-state index contributed by atoms with van der Waals surface area (Å²) < 4.78 is 6.74. The van der Waals surface area contributed by atoms with Crippen LogP contribution in [0, 0.1) is 5.92 Å². The molecule has 0 radical (unpaired) electrons. The van der Waals surface area contributed by atoms with E-state index in [0.29, 0.717) is 37.9 Å². The molecule has 2 fully saturated rings. The molecule has 1 aliphatic carbocycles. The van der Waals surface area contributed by atoms with Crippen molar-refractivity contribution in [1.82, 2.24) is 20.5 Å². The van der Waals surface area contributed by atoms with Crippen molar-refractivity contribution in [1.29, 1.82) is 0 Å². The lowest BCUT2D eigenvalue weighted by atomic mass is 10.0. The second kappa shape index (κ2) is 14.3. The van der Waals surface area contributed by atoms with Gasteiger partial charge in [0.15, 0.2) is 0 Å². The fourth-order valence-corrected chi connectivity index (χ4v) is 7.32. The molecule has 1 saturated heterocycles. The summed E-state index contributed by atoms with van der Waals surface area (Å²) in [4.78, 5) is 60.0. The minimum absolute atomic E-state index is 0.122. The molecule has 2 aromatic carbocycles. The van der Waals surface area contributed by atoms with Gasteiger partial charge in [-0.15, -0.1) is 0 Å². The maximum Gasteiger partial charge on any atom is 0.329 e. The minimum atomic E-state index is -1.33. The summed E-state index contributed by atoms with van der Waals surface area (Å²) in [7, 11) is 0. The number of aliphatic carboxylic acids is 1. The molecule has 48 heavy (non-hydrogen) atoms. The van der Waals surface area contributed by atoms with Gasteiger partial charge in [-0.2, -0.15) is 0 Å². The monoisotopic (exact) mass is 654 g/mol. The fraction of sp³-hybridized carbons (Fsp3) is 0.500. The Morgan fingerprint density at radius 3 is 2.58 bits per heavy atom. The Morgan fingerprint density at radius 1 is 1.06 bits per heavy atom. The van der Waals surface area contributed by atoms with Gasteiger partial charge in [0.2, 0.25) is 17.7 Å². The molecule has 3 aromatic rings. The van der Waals surface area contributed by atoms with E-state index in [1.54, 1.807) is 0 Å². The molecule has 10 nitrogen and oxygen atoms in total. The average Bonchev–Trinajstić information content (AvgIpc) is 3.65. The van der Waals surface area contributed by atoms with Gasteiger partial charge in [-0.05, 0) is 55.7 Å². The number of carboxylic acid groups (broad SMARTS) is 1. The Hall–Kier alpha value is -4.47. The number of nitrogens with one attached hydrogen (secondary N) is 2. The van der Waals surface area contributed by atoms with Crippen LogP contribution in [-0.2, 0) is 25.6 Å². The Morgan fingerprint density at radius 2 is 1.85 bits per heavy atom. The number of nitrogens with zero attached hydrogens (tertiary/aromatic N) is 2. The van der Waals surface area contributed by atoms with Crippen LogP contribution < -0.4 is 15.4 Å². The molecule has 2 aliphatic heterocycles. The molecule has 0 spiro atoms. The van der Waals surface area contributed by atoms with Gasteiger partial charge in [0.25, 0.3) is 0 Å². The second-order valence-corrected chi connectivity index (χ2v) is 13.6. The zero-order chi connectivity index (χ0) is 33.8. The number of aryl methyl sites for hydroxylation is 1. The first kappa shape index (κ1) is 33.4. The van der Waals surface area contributed by atoms with Crippen molar-refractivity contribution in [2.75, 3.05) is 6.54 Å². The van der Waals surface area contributed by atoms with E-state index in [1.165, 1.54) is 4.90 Å². The van der Waals surface area contributed by atoms with Crippen molar-refractivity contribution in [2.45, 2.75) is 108 Å². The first-order valence-electron chi connectivity index (χ1n) is 17.5. The molecule has 3 aliphatic rings. The fourth-order valence-electron chi connectivity index (χ4n) is 7.32. The lowest BCUT2D eigenvalue weighted by Gasteiger charge is -2.29. The first-order valence-corrected chi connectivity index (χ1v) is 17.5. The maximum atomic E-state index is 14.3.